The summed E-state index contributed by atoms with van der Waals surface area (Å²) in [5.74, 6) is -0.121. The maximum Gasteiger partial charge on any atom is 0.223 e. The standard InChI is InChI=1S/C13H14ClFN4/c1-8-4-2-3-5-19-12(8)9(6-17-19)11-10(15)7-16-13(14)18-11/h6-8H,2-5H2,1H3. The van der Waals surface area contributed by atoms with Gasteiger partial charge in [-0.2, -0.15) is 5.10 Å². The molecule has 2 aromatic rings. The van der Waals surface area contributed by atoms with Gasteiger partial charge in [0.25, 0.3) is 0 Å². The van der Waals surface area contributed by atoms with Crippen molar-refractivity contribution >= 4 is 11.6 Å². The summed E-state index contributed by atoms with van der Waals surface area (Å²) in [7, 11) is 0. The van der Waals surface area contributed by atoms with E-state index in [0.717, 1.165) is 43.3 Å². The molecule has 0 aliphatic carbocycles. The first-order valence-electron chi connectivity index (χ1n) is 6.41. The minimum Gasteiger partial charge on any atom is -0.269 e. The second-order valence-electron chi connectivity index (χ2n) is 4.90. The van der Waals surface area contributed by atoms with Gasteiger partial charge in [0.1, 0.15) is 5.69 Å². The first-order chi connectivity index (χ1) is 9.16. The highest BCUT2D eigenvalue weighted by molar-refractivity contribution is 6.28. The fraction of sp³-hybridized carbons (Fsp3) is 0.462. The quantitative estimate of drug-likeness (QED) is 0.752. The van der Waals surface area contributed by atoms with Crippen LogP contribution in [0.1, 0.15) is 37.8 Å². The van der Waals surface area contributed by atoms with E-state index in [0.29, 0.717) is 5.92 Å². The Kier molecular flexibility index (Phi) is 3.22. The number of fused-ring (bicyclic) bond motifs is 1. The molecular formula is C13H14ClFN4. The molecule has 100 valence electrons. The summed E-state index contributed by atoms with van der Waals surface area (Å²) < 4.78 is 15.9. The summed E-state index contributed by atoms with van der Waals surface area (Å²) in [6.45, 7) is 3.02. The lowest BCUT2D eigenvalue weighted by Gasteiger charge is -2.12. The number of hydrogen-bond acceptors (Lipinski definition) is 3. The average molecular weight is 281 g/mol. The molecule has 0 amide bonds. The molecule has 0 N–H and O–H groups in total. The van der Waals surface area contributed by atoms with E-state index in [4.69, 9.17) is 11.6 Å². The smallest absolute Gasteiger partial charge is 0.223 e. The lowest BCUT2D eigenvalue weighted by Crippen LogP contribution is -2.05. The van der Waals surface area contributed by atoms with Gasteiger partial charge in [0.15, 0.2) is 5.82 Å². The van der Waals surface area contributed by atoms with Crippen molar-refractivity contribution in [1.82, 2.24) is 19.7 Å². The maximum atomic E-state index is 13.9. The average Bonchev–Trinajstić information content (AvgIpc) is 2.72. The van der Waals surface area contributed by atoms with Crippen LogP contribution in [0.5, 0.6) is 0 Å². The Morgan fingerprint density at radius 1 is 1.37 bits per heavy atom. The van der Waals surface area contributed by atoms with E-state index in [-0.39, 0.29) is 11.0 Å². The number of aryl methyl sites for hydroxylation is 1. The maximum absolute atomic E-state index is 13.9. The third kappa shape index (κ3) is 2.23. The second-order valence-corrected chi connectivity index (χ2v) is 5.24. The Hall–Kier alpha value is -1.49. The van der Waals surface area contributed by atoms with E-state index in [2.05, 4.69) is 22.0 Å². The molecule has 2 aromatic heterocycles. The molecular weight excluding hydrogens is 267 g/mol. The van der Waals surface area contributed by atoms with Crippen LogP contribution in [0.3, 0.4) is 0 Å². The fourth-order valence-electron chi connectivity index (χ4n) is 2.66. The normalized spacial score (nSPS) is 19.0. The highest BCUT2D eigenvalue weighted by Gasteiger charge is 2.23. The molecule has 0 aromatic carbocycles. The van der Waals surface area contributed by atoms with Crippen LogP contribution in [-0.2, 0) is 6.54 Å². The first kappa shape index (κ1) is 12.5. The first-order valence-corrected chi connectivity index (χ1v) is 6.78. The number of rotatable bonds is 1. The fourth-order valence-corrected chi connectivity index (χ4v) is 2.79. The zero-order valence-corrected chi connectivity index (χ0v) is 11.4. The van der Waals surface area contributed by atoms with Crippen LogP contribution in [0.15, 0.2) is 12.4 Å². The zero-order valence-electron chi connectivity index (χ0n) is 10.6. The molecule has 0 saturated heterocycles. The minimum absolute atomic E-state index is 0.0534. The molecule has 3 rings (SSSR count). The van der Waals surface area contributed by atoms with Crippen LogP contribution < -0.4 is 0 Å². The highest BCUT2D eigenvalue weighted by Crippen LogP contribution is 2.34. The molecule has 19 heavy (non-hydrogen) atoms. The summed E-state index contributed by atoms with van der Waals surface area (Å²) in [6, 6.07) is 0. The molecule has 0 spiro atoms. The van der Waals surface area contributed by atoms with Crippen LogP contribution in [0.25, 0.3) is 11.3 Å². The highest BCUT2D eigenvalue weighted by atomic mass is 35.5. The Bertz CT molecular complexity index is 611. The third-order valence-electron chi connectivity index (χ3n) is 3.57. The molecule has 4 nitrogen and oxygen atoms in total. The van der Waals surface area contributed by atoms with E-state index in [9.17, 15) is 4.39 Å². The Morgan fingerprint density at radius 2 is 2.21 bits per heavy atom. The molecule has 0 fully saturated rings. The third-order valence-corrected chi connectivity index (χ3v) is 3.76. The molecule has 6 heteroatoms. The van der Waals surface area contributed by atoms with Crippen molar-refractivity contribution in [2.45, 2.75) is 38.6 Å². The lowest BCUT2D eigenvalue weighted by molar-refractivity contribution is 0.576. The van der Waals surface area contributed by atoms with Gasteiger partial charge in [-0.25, -0.2) is 14.4 Å². The molecule has 1 unspecified atom stereocenters. The summed E-state index contributed by atoms with van der Waals surface area (Å²) in [6.07, 6.45) is 6.14. The van der Waals surface area contributed by atoms with E-state index >= 15 is 0 Å². The summed E-state index contributed by atoms with van der Waals surface area (Å²) >= 11 is 5.77. The predicted molar refractivity (Wildman–Crippen MR) is 70.5 cm³/mol. The van der Waals surface area contributed by atoms with Crippen LogP contribution in [0.2, 0.25) is 5.28 Å². The van der Waals surface area contributed by atoms with E-state index in [1.165, 1.54) is 0 Å². The van der Waals surface area contributed by atoms with E-state index in [1.807, 2.05) is 4.68 Å². The molecule has 1 aliphatic rings. The Balaban J connectivity index is 2.16. The Morgan fingerprint density at radius 3 is 3.05 bits per heavy atom. The number of nitrogens with zero attached hydrogens (tertiary/aromatic N) is 4. The molecule has 1 atom stereocenters. The van der Waals surface area contributed by atoms with Gasteiger partial charge in [0.05, 0.1) is 18.1 Å². The number of aromatic nitrogens is 4. The van der Waals surface area contributed by atoms with Gasteiger partial charge in [-0.15, -0.1) is 0 Å². The van der Waals surface area contributed by atoms with Crippen LogP contribution in [-0.4, -0.2) is 19.7 Å². The monoisotopic (exact) mass is 280 g/mol. The number of halogens is 2. The van der Waals surface area contributed by atoms with Crippen molar-refractivity contribution in [3.63, 3.8) is 0 Å². The second kappa shape index (κ2) is 4.89. The largest absolute Gasteiger partial charge is 0.269 e. The van der Waals surface area contributed by atoms with Gasteiger partial charge in [0, 0.05) is 12.1 Å². The number of hydrogen-bond donors (Lipinski definition) is 0. The molecule has 3 heterocycles. The van der Waals surface area contributed by atoms with Crippen molar-refractivity contribution in [2.24, 2.45) is 0 Å². The van der Waals surface area contributed by atoms with Crippen molar-refractivity contribution in [3.8, 4) is 11.3 Å². The van der Waals surface area contributed by atoms with Crippen LogP contribution in [0, 0.1) is 5.82 Å². The predicted octanol–water partition coefficient (Wildman–Crippen LogP) is 3.42. The summed E-state index contributed by atoms with van der Waals surface area (Å²) in [5.41, 5.74) is 2.03. The summed E-state index contributed by atoms with van der Waals surface area (Å²) in [5, 5.41) is 4.41. The van der Waals surface area contributed by atoms with Gasteiger partial charge < -0.3 is 0 Å². The lowest BCUT2D eigenvalue weighted by atomic mass is 9.97. The van der Waals surface area contributed by atoms with E-state index in [1.54, 1.807) is 6.20 Å². The van der Waals surface area contributed by atoms with E-state index < -0.39 is 5.82 Å². The topological polar surface area (TPSA) is 43.6 Å². The molecule has 0 saturated carbocycles. The molecule has 0 radical (unpaired) electrons. The van der Waals surface area contributed by atoms with Crippen LogP contribution >= 0.6 is 11.6 Å². The van der Waals surface area contributed by atoms with Crippen LogP contribution in [0.4, 0.5) is 4.39 Å². The minimum atomic E-state index is -0.461. The van der Waals surface area contributed by atoms with Crippen molar-refractivity contribution in [2.75, 3.05) is 0 Å². The van der Waals surface area contributed by atoms with Crippen molar-refractivity contribution in [3.05, 3.63) is 29.2 Å². The molecule has 0 bridgehead atoms. The Labute approximate surface area is 115 Å². The van der Waals surface area contributed by atoms with Gasteiger partial charge >= 0.3 is 0 Å². The SMILES string of the molecule is CC1CCCCn2ncc(-c3nc(Cl)ncc3F)c21. The van der Waals surface area contributed by atoms with Gasteiger partial charge in [-0.1, -0.05) is 13.3 Å². The van der Waals surface area contributed by atoms with Gasteiger partial charge in [-0.05, 0) is 30.4 Å². The van der Waals surface area contributed by atoms with Crippen molar-refractivity contribution < 1.29 is 4.39 Å². The van der Waals surface area contributed by atoms with Gasteiger partial charge in [-0.3, -0.25) is 4.68 Å². The zero-order chi connectivity index (χ0) is 13.4. The molecule has 1 aliphatic heterocycles. The summed E-state index contributed by atoms with van der Waals surface area (Å²) in [4.78, 5) is 7.67. The van der Waals surface area contributed by atoms with Crippen molar-refractivity contribution in [1.29, 1.82) is 0 Å². The van der Waals surface area contributed by atoms with Gasteiger partial charge in [0.2, 0.25) is 5.28 Å².